The lowest BCUT2D eigenvalue weighted by Gasteiger charge is -2.07. The summed E-state index contributed by atoms with van der Waals surface area (Å²) >= 11 is 7.34. The normalized spacial score (nSPS) is 10.6. The fourth-order valence-corrected chi connectivity index (χ4v) is 3.43. The number of hydrogen-bond donors (Lipinski definition) is 1. The van der Waals surface area contributed by atoms with Crippen molar-refractivity contribution < 1.29 is 14.3 Å². The van der Waals surface area contributed by atoms with Gasteiger partial charge in [-0.3, -0.25) is 4.79 Å². The van der Waals surface area contributed by atoms with Crippen LogP contribution in [-0.2, 0) is 17.8 Å². The van der Waals surface area contributed by atoms with E-state index in [-0.39, 0.29) is 12.3 Å². The summed E-state index contributed by atoms with van der Waals surface area (Å²) in [6.45, 7) is 3.53. The zero-order chi connectivity index (χ0) is 20.5. The molecule has 0 aliphatic heterocycles. The third-order valence-electron chi connectivity index (χ3n) is 4.02. The molecule has 0 fully saturated rings. The van der Waals surface area contributed by atoms with Crippen molar-refractivity contribution in [1.29, 1.82) is 0 Å². The molecule has 152 valence electrons. The number of halogens is 1. The molecule has 3 rings (SSSR count). The van der Waals surface area contributed by atoms with Crippen molar-refractivity contribution in [3.63, 3.8) is 0 Å². The Hall–Kier alpha value is -2.57. The minimum Gasteiger partial charge on any atom is -0.494 e. The first kappa shape index (κ1) is 21.1. The van der Waals surface area contributed by atoms with Gasteiger partial charge in [-0.05, 0) is 55.3 Å². The number of nitrogens with one attached hydrogen (secondary N) is 1. The van der Waals surface area contributed by atoms with Crippen LogP contribution in [0, 0.1) is 6.92 Å². The number of carbonyl (C=O) groups excluding carboxylic acids is 1. The standard InChI is InChI=1S/C22H23ClN2O3S/c1-16-4-2-5-20(12-16)27-11-3-10-24-21(26)13-18-15-29-22(25-18)14-28-19-8-6-17(23)7-9-19/h2,4-9,12,15H,3,10-11,13-14H2,1H3,(H,24,26). The average molecular weight is 431 g/mol. The highest BCUT2D eigenvalue weighted by molar-refractivity contribution is 7.09. The summed E-state index contributed by atoms with van der Waals surface area (Å²) in [5.41, 5.74) is 1.91. The Morgan fingerprint density at radius 2 is 1.97 bits per heavy atom. The fourth-order valence-electron chi connectivity index (χ4n) is 2.59. The topological polar surface area (TPSA) is 60.5 Å². The summed E-state index contributed by atoms with van der Waals surface area (Å²) in [6.07, 6.45) is 1.01. The Labute approximate surface area is 179 Å². The van der Waals surface area contributed by atoms with Crippen molar-refractivity contribution in [3.05, 3.63) is 75.2 Å². The molecule has 5 nitrogen and oxygen atoms in total. The van der Waals surface area contributed by atoms with Crippen molar-refractivity contribution in [1.82, 2.24) is 10.3 Å². The van der Waals surface area contributed by atoms with Gasteiger partial charge in [-0.2, -0.15) is 0 Å². The first-order chi connectivity index (χ1) is 14.1. The molecule has 1 N–H and O–H groups in total. The Kier molecular flexibility index (Phi) is 7.90. The summed E-state index contributed by atoms with van der Waals surface area (Å²) in [5, 5.41) is 6.29. The maximum Gasteiger partial charge on any atom is 0.226 e. The van der Waals surface area contributed by atoms with Crippen molar-refractivity contribution in [2.24, 2.45) is 0 Å². The highest BCUT2D eigenvalue weighted by Gasteiger charge is 2.08. The van der Waals surface area contributed by atoms with Gasteiger partial charge in [-0.15, -0.1) is 11.3 Å². The number of benzene rings is 2. The summed E-state index contributed by atoms with van der Waals surface area (Å²) in [7, 11) is 0. The van der Waals surface area contributed by atoms with Gasteiger partial charge < -0.3 is 14.8 Å². The number of amides is 1. The highest BCUT2D eigenvalue weighted by Crippen LogP contribution is 2.18. The molecule has 0 atom stereocenters. The van der Waals surface area contributed by atoms with Gasteiger partial charge in [0.05, 0.1) is 18.7 Å². The number of aromatic nitrogens is 1. The lowest BCUT2D eigenvalue weighted by atomic mass is 10.2. The Balaban J connectivity index is 1.32. The highest BCUT2D eigenvalue weighted by atomic mass is 35.5. The van der Waals surface area contributed by atoms with E-state index in [9.17, 15) is 4.79 Å². The Morgan fingerprint density at radius 3 is 2.76 bits per heavy atom. The van der Waals surface area contributed by atoms with Crippen molar-refractivity contribution in [2.45, 2.75) is 26.4 Å². The number of carbonyl (C=O) groups is 1. The minimum absolute atomic E-state index is 0.0453. The molecule has 1 amide bonds. The first-order valence-corrected chi connectivity index (χ1v) is 10.6. The van der Waals surface area contributed by atoms with Crippen LogP contribution in [0.5, 0.6) is 11.5 Å². The molecule has 0 bridgehead atoms. The van der Waals surface area contributed by atoms with Gasteiger partial charge in [-0.25, -0.2) is 4.98 Å². The molecule has 7 heteroatoms. The second-order valence-corrected chi connectivity index (χ2v) is 7.90. The van der Waals surface area contributed by atoms with E-state index in [1.807, 2.05) is 48.7 Å². The Morgan fingerprint density at radius 1 is 1.14 bits per heavy atom. The summed E-state index contributed by atoms with van der Waals surface area (Å²) < 4.78 is 11.4. The number of ether oxygens (including phenoxy) is 2. The van der Waals surface area contributed by atoms with E-state index >= 15 is 0 Å². The van der Waals surface area contributed by atoms with E-state index < -0.39 is 0 Å². The first-order valence-electron chi connectivity index (χ1n) is 9.36. The van der Waals surface area contributed by atoms with Gasteiger partial charge in [0.1, 0.15) is 23.1 Å². The summed E-state index contributed by atoms with van der Waals surface area (Å²) in [4.78, 5) is 16.5. The summed E-state index contributed by atoms with van der Waals surface area (Å²) in [6, 6.07) is 15.1. The molecule has 0 aliphatic carbocycles. The maximum atomic E-state index is 12.1. The monoisotopic (exact) mass is 430 g/mol. The number of nitrogens with zero attached hydrogens (tertiary/aromatic N) is 1. The van der Waals surface area contributed by atoms with E-state index in [0.29, 0.717) is 24.8 Å². The largest absolute Gasteiger partial charge is 0.494 e. The SMILES string of the molecule is Cc1cccc(OCCCNC(=O)Cc2csc(COc3ccc(Cl)cc3)n2)c1. The molecule has 2 aromatic carbocycles. The third kappa shape index (κ3) is 7.40. The fraction of sp³-hybridized carbons (Fsp3) is 0.273. The zero-order valence-corrected chi connectivity index (χ0v) is 17.8. The van der Waals surface area contributed by atoms with Crippen LogP contribution in [0.15, 0.2) is 53.9 Å². The van der Waals surface area contributed by atoms with Gasteiger partial charge in [-0.1, -0.05) is 23.7 Å². The number of thiazole rings is 1. The zero-order valence-electron chi connectivity index (χ0n) is 16.2. The molecule has 0 spiro atoms. The molecule has 0 aliphatic rings. The molecule has 29 heavy (non-hydrogen) atoms. The predicted molar refractivity (Wildman–Crippen MR) is 116 cm³/mol. The quantitative estimate of drug-likeness (QED) is 0.469. The van der Waals surface area contributed by atoms with Crippen LogP contribution in [0.25, 0.3) is 0 Å². The molecule has 1 heterocycles. The van der Waals surface area contributed by atoms with Gasteiger partial charge in [0.15, 0.2) is 0 Å². The molecule has 0 radical (unpaired) electrons. The van der Waals surface area contributed by atoms with Crippen molar-refractivity contribution in [2.75, 3.05) is 13.2 Å². The second-order valence-electron chi connectivity index (χ2n) is 6.52. The van der Waals surface area contributed by atoms with Crippen LogP contribution in [-0.4, -0.2) is 24.0 Å². The average Bonchev–Trinajstić information content (AvgIpc) is 3.14. The van der Waals surface area contributed by atoms with Crippen LogP contribution in [0.2, 0.25) is 5.02 Å². The van der Waals surface area contributed by atoms with E-state index in [4.69, 9.17) is 21.1 Å². The van der Waals surface area contributed by atoms with Gasteiger partial charge in [0.2, 0.25) is 5.91 Å². The van der Waals surface area contributed by atoms with Crippen molar-refractivity contribution in [3.8, 4) is 11.5 Å². The van der Waals surface area contributed by atoms with Gasteiger partial charge in [0, 0.05) is 16.9 Å². The molecule has 3 aromatic rings. The van der Waals surface area contributed by atoms with E-state index in [0.717, 1.165) is 34.2 Å². The van der Waals surface area contributed by atoms with Crippen LogP contribution in [0.1, 0.15) is 22.7 Å². The molecular formula is C22H23ClN2O3S. The van der Waals surface area contributed by atoms with Crippen LogP contribution >= 0.6 is 22.9 Å². The Bertz CT molecular complexity index is 928. The predicted octanol–water partition coefficient (Wildman–Crippen LogP) is 4.81. The maximum absolute atomic E-state index is 12.1. The van der Waals surface area contributed by atoms with Crippen LogP contribution < -0.4 is 14.8 Å². The number of aryl methyl sites for hydroxylation is 1. The van der Waals surface area contributed by atoms with Gasteiger partial charge in [0.25, 0.3) is 0 Å². The van der Waals surface area contributed by atoms with Gasteiger partial charge >= 0.3 is 0 Å². The summed E-state index contributed by atoms with van der Waals surface area (Å²) in [5.74, 6) is 1.54. The molecule has 1 aromatic heterocycles. The molecule has 0 unspecified atom stereocenters. The van der Waals surface area contributed by atoms with Crippen molar-refractivity contribution >= 4 is 28.8 Å². The number of rotatable bonds is 10. The number of hydrogen-bond acceptors (Lipinski definition) is 5. The van der Waals surface area contributed by atoms with Crippen LogP contribution in [0.3, 0.4) is 0 Å². The molecular weight excluding hydrogens is 408 g/mol. The molecule has 0 saturated heterocycles. The van der Waals surface area contributed by atoms with Crippen LogP contribution in [0.4, 0.5) is 0 Å². The minimum atomic E-state index is -0.0453. The lowest BCUT2D eigenvalue weighted by Crippen LogP contribution is -2.27. The van der Waals surface area contributed by atoms with E-state index in [2.05, 4.69) is 10.3 Å². The lowest BCUT2D eigenvalue weighted by molar-refractivity contribution is -0.120. The third-order valence-corrected chi connectivity index (χ3v) is 5.14. The molecule has 0 saturated carbocycles. The van der Waals surface area contributed by atoms with E-state index in [1.165, 1.54) is 11.3 Å². The van der Waals surface area contributed by atoms with E-state index in [1.54, 1.807) is 12.1 Å². The smallest absolute Gasteiger partial charge is 0.226 e. The second kappa shape index (κ2) is 10.8.